The maximum Gasteiger partial charge on any atom is 0.169 e. The number of ether oxygens (including phenoxy) is 2. The Balaban J connectivity index is 2.43. The highest BCUT2D eigenvalue weighted by Crippen LogP contribution is 2.34. The molecule has 2 aromatic rings. The Labute approximate surface area is 106 Å². The van der Waals surface area contributed by atoms with E-state index >= 15 is 0 Å². The minimum Gasteiger partial charge on any atom is -0.493 e. The molecule has 2 rings (SSSR count). The summed E-state index contributed by atoms with van der Waals surface area (Å²) >= 11 is 0. The van der Waals surface area contributed by atoms with Gasteiger partial charge in [-0.05, 0) is 30.7 Å². The third-order valence-corrected chi connectivity index (χ3v) is 2.61. The van der Waals surface area contributed by atoms with Crippen LogP contribution in [0, 0.1) is 18.3 Å². The molecule has 0 radical (unpaired) electrons. The molecule has 3 nitrogen and oxygen atoms in total. The number of aryl methyl sites for hydroxylation is 1. The van der Waals surface area contributed by atoms with Crippen molar-refractivity contribution in [1.29, 1.82) is 5.26 Å². The molecule has 0 saturated heterocycles. The van der Waals surface area contributed by atoms with Crippen LogP contribution in [0.3, 0.4) is 0 Å². The van der Waals surface area contributed by atoms with Gasteiger partial charge in [-0.15, -0.1) is 0 Å². The number of methoxy groups -OCH3 is 1. The predicted molar refractivity (Wildman–Crippen MR) is 69.0 cm³/mol. The second-order valence-electron chi connectivity index (χ2n) is 3.82. The predicted octanol–water partition coefficient (Wildman–Crippen LogP) is 3.67. The Morgan fingerprint density at radius 2 is 1.72 bits per heavy atom. The van der Waals surface area contributed by atoms with E-state index in [-0.39, 0.29) is 0 Å². The lowest BCUT2D eigenvalue weighted by molar-refractivity contribution is 0.378. The average Bonchev–Trinajstić information content (AvgIpc) is 2.41. The van der Waals surface area contributed by atoms with E-state index in [4.69, 9.17) is 14.7 Å². The van der Waals surface area contributed by atoms with Gasteiger partial charge < -0.3 is 9.47 Å². The van der Waals surface area contributed by atoms with Crippen molar-refractivity contribution in [3.05, 3.63) is 53.6 Å². The van der Waals surface area contributed by atoms with Crippen LogP contribution in [0.4, 0.5) is 0 Å². The van der Waals surface area contributed by atoms with Crippen LogP contribution in [-0.2, 0) is 0 Å². The van der Waals surface area contributed by atoms with Gasteiger partial charge in [0.05, 0.1) is 12.7 Å². The number of nitriles is 1. The lowest BCUT2D eigenvalue weighted by Gasteiger charge is -2.12. The third-order valence-electron chi connectivity index (χ3n) is 2.61. The first kappa shape index (κ1) is 12.0. The molecule has 0 atom stereocenters. The zero-order valence-electron chi connectivity index (χ0n) is 10.3. The molecule has 3 heteroatoms. The van der Waals surface area contributed by atoms with Crippen molar-refractivity contribution in [2.45, 2.75) is 6.92 Å². The number of benzene rings is 2. The lowest BCUT2D eigenvalue weighted by atomic mass is 10.1. The van der Waals surface area contributed by atoms with Gasteiger partial charge >= 0.3 is 0 Å². The number of hydrogen-bond acceptors (Lipinski definition) is 3. The summed E-state index contributed by atoms with van der Waals surface area (Å²) in [5.74, 6) is 1.82. The number of para-hydroxylation sites is 3. The van der Waals surface area contributed by atoms with Crippen molar-refractivity contribution in [2.75, 3.05) is 7.11 Å². The third kappa shape index (κ3) is 2.28. The van der Waals surface area contributed by atoms with Gasteiger partial charge in [0.15, 0.2) is 11.5 Å². The number of nitrogens with zero attached hydrogens (tertiary/aromatic N) is 1. The van der Waals surface area contributed by atoms with Crippen molar-refractivity contribution in [3.63, 3.8) is 0 Å². The van der Waals surface area contributed by atoms with Crippen LogP contribution in [0.25, 0.3) is 0 Å². The van der Waals surface area contributed by atoms with Gasteiger partial charge in [-0.25, -0.2) is 0 Å². The monoisotopic (exact) mass is 239 g/mol. The molecule has 0 amide bonds. The van der Waals surface area contributed by atoms with Crippen LogP contribution in [0.5, 0.6) is 17.2 Å². The van der Waals surface area contributed by atoms with Gasteiger partial charge in [-0.3, -0.25) is 0 Å². The fourth-order valence-electron chi connectivity index (χ4n) is 1.69. The summed E-state index contributed by atoms with van der Waals surface area (Å²) in [4.78, 5) is 0. The van der Waals surface area contributed by atoms with E-state index in [1.54, 1.807) is 13.2 Å². The normalized spacial score (nSPS) is 9.61. The first-order valence-corrected chi connectivity index (χ1v) is 5.57. The lowest BCUT2D eigenvalue weighted by Crippen LogP contribution is -1.94. The molecule has 90 valence electrons. The minimum atomic E-state index is 0.515. The molecule has 0 saturated carbocycles. The van der Waals surface area contributed by atoms with E-state index in [2.05, 4.69) is 6.07 Å². The van der Waals surface area contributed by atoms with Gasteiger partial charge in [-0.2, -0.15) is 5.26 Å². The molecule has 0 aromatic heterocycles. The summed E-state index contributed by atoms with van der Waals surface area (Å²) in [5, 5.41) is 9.09. The summed E-state index contributed by atoms with van der Waals surface area (Å²) in [6.45, 7) is 1.91. The standard InChI is InChI=1S/C15H13NO2/c1-11-6-5-7-12(10-16)15(11)18-14-9-4-3-8-13(14)17-2/h3-9H,1-2H3. The van der Waals surface area contributed by atoms with Crippen LogP contribution in [0.1, 0.15) is 11.1 Å². The van der Waals surface area contributed by atoms with Gasteiger partial charge in [0.2, 0.25) is 0 Å². The Morgan fingerprint density at radius 1 is 1.00 bits per heavy atom. The number of rotatable bonds is 3. The largest absolute Gasteiger partial charge is 0.493 e. The molecule has 0 aliphatic rings. The highest BCUT2D eigenvalue weighted by Gasteiger charge is 2.10. The second-order valence-corrected chi connectivity index (χ2v) is 3.82. The maximum absolute atomic E-state index is 9.09. The van der Waals surface area contributed by atoms with Crippen molar-refractivity contribution in [1.82, 2.24) is 0 Å². The van der Waals surface area contributed by atoms with Gasteiger partial charge in [0.1, 0.15) is 11.8 Å². The molecule has 0 heterocycles. The number of hydrogen-bond donors (Lipinski definition) is 0. The van der Waals surface area contributed by atoms with Gasteiger partial charge in [0, 0.05) is 0 Å². The molecular weight excluding hydrogens is 226 g/mol. The smallest absolute Gasteiger partial charge is 0.169 e. The van der Waals surface area contributed by atoms with Crippen molar-refractivity contribution in [3.8, 4) is 23.3 Å². The fraction of sp³-hybridized carbons (Fsp3) is 0.133. The second kappa shape index (κ2) is 5.24. The molecule has 0 N–H and O–H groups in total. The average molecular weight is 239 g/mol. The Bertz CT molecular complexity index is 600. The summed E-state index contributed by atoms with van der Waals surface area (Å²) in [7, 11) is 1.59. The molecule has 0 fully saturated rings. The van der Waals surface area contributed by atoms with E-state index in [1.165, 1.54) is 0 Å². The molecule has 0 bridgehead atoms. The Hall–Kier alpha value is -2.47. The SMILES string of the molecule is COc1ccccc1Oc1c(C)cccc1C#N. The zero-order chi connectivity index (χ0) is 13.0. The first-order valence-electron chi connectivity index (χ1n) is 5.57. The fourth-order valence-corrected chi connectivity index (χ4v) is 1.69. The molecule has 0 aliphatic carbocycles. The topological polar surface area (TPSA) is 42.2 Å². The summed E-state index contributed by atoms with van der Waals surface area (Å²) in [6.07, 6.45) is 0. The summed E-state index contributed by atoms with van der Waals surface area (Å²) in [6, 6.07) is 15.0. The van der Waals surface area contributed by atoms with Crippen LogP contribution < -0.4 is 9.47 Å². The maximum atomic E-state index is 9.09. The van der Waals surface area contributed by atoms with Gasteiger partial charge in [0.25, 0.3) is 0 Å². The molecule has 2 aromatic carbocycles. The van der Waals surface area contributed by atoms with Crippen LogP contribution in [0.2, 0.25) is 0 Å². The minimum absolute atomic E-state index is 0.515. The Kier molecular flexibility index (Phi) is 3.49. The molecule has 0 aliphatic heterocycles. The molecule has 18 heavy (non-hydrogen) atoms. The summed E-state index contributed by atoms with van der Waals surface area (Å²) in [5.41, 5.74) is 1.43. The van der Waals surface area contributed by atoms with Gasteiger partial charge in [-0.1, -0.05) is 24.3 Å². The zero-order valence-corrected chi connectivity index (χ0v) is 10.3. The van der Waals surface area contributed by atoms with E-state index in [9.17, 15) is 0 Å². The highest BCUT2D eigenvalue weighted by molar-refractivity contribution is 5.52. The van der Waals surface area contributed by atoms with Crippen LogP contribution >= 0.6 is 0 Å². The molecule has 0 unspecified atom stereocenters. The van der Waals surface area contributed by atoms with Crippen molar-refractivity contribution < 1.29 is 9.47 Å². The first-order chi connectivity index (χ1) is 8.76. The quantitative estimate of drug-likeness (QED) is 0.820. The van der Waals surface area contributed by atoms with E-state index in [0.717, 1.165) is 5.56 Å². The molecular formula is C15H13NO2. The highest BCUT2D eigenvalue weighted by atomic mass is 16.5. The molecule has 0 spiro atoms. The summed E-state index contributed by atoms with van der Waals surface area (Å²) < 4.78 is 11.0. The Morgan fingerprint density at radius 3 is 2.39 bits per heavy atom. The van der Waals surface area contributed by atoms with Crippen molar-refractivity contribution >= 4 is 0 Å². The van der Waals surface area contributed by atoms with E-state index < -0.39 is 0 Å². The van der Waals surface area contributed by atoms with Crippen molar-refractivity contribution in [2.24, 2.45) is 0 Å². The van der Waals surface area contributed by atoms with E-state index in [1.807, 2.05) is 43.3 Å². The van der Waals surface area contributed by atoms with Crippen LogP contribution in [-0.4, -0.2) is 7.11 Å². The van der Waals surface area contributed by atoms with Crippen LogP contribution in [0.15, 0.2) is 42.5 Å². The van der Waals surface area contributed by atoms with E-state index in [0.29, 0.717) is 22.8 Å².